The van der Waals surface area contributed by atoms with Gasteiger partial charge in [0.15, 0.2) is 11.5 Å². The summed E-state index contributed by atoms with van der Waals surface area (Å²) in [6, 6.07) is 19.2. The standard InChI is InChI=1S/C33H39N3O4/c1-39-30-20-26-16-18-36(22-27(26)21-31(30)40-2)19-17-34-33(38)28-10-6-7-11-29(28)35-32(37)25-14-12-24(13-15-25)23-8-4-3-5-9-23/h6-7,10-15,20-21,23H,3-5,8-9,16-19,22H2,1-2H3,(H,34,38)(H,35,37). The van der Waals surface area contributed by atoms with Gasteiger partial charge in [0.25, 0.3) is 11.8 Å². The Labute approximate surface area is 236 Å². The Morgan fingerprint density at radius 2 is 1.57 bits per heavy atom. The van der Waals surface area contributed by atoms with E-state index < -0.39 is 0 Å². The third kappa shape index (κ3) is 6.48. The molecule has 40 heavy (non-hydrogen) atoms. The number of benzene rings is 3. The van der Waals surface area contributed by atoms with Crippen LogP contribution in [0.3, 0.4) is 0 Å². The molecular formula is C33H39N3O4. The van der Waals surface area contributed by atoms with E-state index in [1.54, 1.807) is 26.4 Å². The third-order valence-electron chi connectivity index (χ3n) is 8.18. The lowest BCUT2D eigenvalue weighted by Gasteiger charge is -2.29. The van der Waals surface area contributed by atoms with E-state index in [-0.39, 0.29) is 11.8 Å². The molecule has 0 bridgehead atoms. The number of hydrogen-bond acceptors (Lipinski definition) is 5. The molecule has 2 N–H and O–H groups in total. The van der Waals surface area contributed by atoms with Crippen LogP contribution in [0.4, 0.5) is 5.69 Å². The monoisotopic (exact) mass is 541 g/mol. The predicted molar refractivity (Wildman–Crippen MR) is 158 cm³/mol. The number of fused-ring (bicyclic) bond motifs is 1. The van der Waals surface area contributed by atoms with Gasteiger partial charge in [-0.2, -0.15) is 0 Å². The molecule has 1 aliphatic heterocycles. The minimum Gasteiger partial charge on any atom is -0.493 e. The second-order valence-corrected chi connectivity index (χ2v) is 10.7. The van der Waals surface area contributed by atoms with Gasteiger partial charge in [-0.25, -0.2) is 0 Å². The van der Waals surface area contributed by atoms with E-state index in [0.717, 1.165) is 37.6 Å². The maximum atomic E-state index is 13.1. The van der Waals surface area contributed by atoms with Gasteiger partial charge in [0.05, 0.1) is 25.5 Å². The molecule has 0 unspecified atom stereocenters. The molecule has 0 saturated heterocycles. The summed E-state index contributed by atoms with van der Waals surface area (Å²) >= 11 is 0. The Kier molecular flexibility index (Phi) is 9.01. The quantitative estimate of drug-likeness (QED) is 0.358. The van der Waals surface area contributed by atoms with E-state index >= 15 is 0 Å². The van der Waals surface area contributed by atoms with Crippen LogP contribution in [0.25, 0.3) is 0 Å². The van der Waals surface area contributed by atoms with Gasteiger partial charge in [-0.1, -0.05) is 43.5 Å². The number of methoxy groups -OCH3 is 2. The Morgan fingerprint density at radius 1 is 0.875 bits per heavy atom. The van der Waals surface area contributed by atoms with Gasteiger partial charge >= 0.3 is 0 Å². The van der Waals surface area contributed by atoms with Gasteiger partial charge < -0.3 is 20.1 Å². The van der Waals surface area contributed by atoms with Crippen molar-refractivity contribution in [2.45, 2.75) is 51.0 Å². The molecule has 0 radical (unpaired) electrons. The molecule has 3 aromatic rings. The zero-order valence-corrected chi connectivity index (χ0v) is 23.5. The summed E-state index contributed by atoms with van der Waals surface area (Å²) in [5.41, 5.74) is 5.35. The van der Waals surface area contributed by atoms with Crippen LogP contribution >= 0.6 is 0 Å². The Morgan fingerprint density at radius 3 is 2.30 bits per heavy atom. The molecule has 210 valence electrons. The number of nitrogens with one attached hydrogen (secondary N) is 2. The smallest absolute Gasteiger partial charge is 0.255 e. The van der Waals surface area contributed by atoms with Crippen molar-refractivity contribution in [2.24, 2.45) is 0 Å². The second-order valence-electron chi connectivity index (χ2n) is 10.7. The van der Waals surface area contributed by atoms with Crippen molar-refractivity contribution in [3.8, 4) is 11.5 Å². The summed E-state index contributed by atoms with van der Waals surface area (Å²) in [5.74, 6) is 1.67. The van der Waals surface area contributed by atoms with Gasteiger partial charge in [0, 0.05) is 31.7 Å². The van der Waals surface area contributed by atoms with Crippen molar-refractivity contribution in [3.05, 3.63) is 88.5 Å². The highest BCUT2D eigenvalue weighted by Gasteiger charge is 2.20. The lowest BCUT2D eigenvalue weighted by atomic mass is 9.84. The number of nitrogens with zero attached hydrogens (tertiary/aromatic N) is 1. The van der Waals surface area contributed by atoms with E-state index in [2.05, 4.69) is 33.7 Å². The van der Waals surface area contributed by atoms with Crippen molar-refractivity contribution in [1.82, 2.24) is 10.2 Å². The number of amides is 2. The highest BCUT2D eigenvalue weighted by molar-refractivity contribution is 6.09. The van der Waals surface area contributed by atoms with Crippen LogP contribution in [-0.4, -0.2) is 50.6 Å². The fraction of sp³-hybridized carbons (Fsp3) is 0.394. The number of hydrogen-bond donors (Lipinski definition) is 2. The van der Waals surface area contributed by atoms with Crippen LogP contribution in [0.1, 0.15) is 75.4 Å². The zero-order chi connectivity index (χ0) is 27.9. The summed E-state index contributed by atoms with van der Waals surface area (Å²) in [6.07, 6.45) is 7.25. The van der Waals surface area contributed by atoms with Crippen molar-refractivity contribution in [3.63, 3.8) is 0 Å². The lowest BCUT2D eigenvalue weighted by molar-refractivity contribution is 0.0948. The van der Waals surface area contributed by atoms with Gasteiger partial charge in [-0.05, 0) is 78.3 Å². The van der Waals surface area contributed by atoms with Gasteiger partial charge in [-0.15, -0.1) is 0 Å². The number of carbonyl (C=O) groups excluding carboxylic acids is 2. The molecule has 5 rings (SSSR count). The number of rotatable bonds is 9. The molecule has 3 aromatic carbocycles. The van der Waals surface area contributed by atoms with Crippen LogP contribution in [-0.2, 0) is 13.0 Å². The first-order valence-electron chi connectivity index (χ1n) is 14.3. The molecule has 0 aromatic heterocycles. The number of anilines is 1. The van der Waals surface area contributed by atoms with Gasteiger partial charge in [0.2, 0.25) is 0 Å². The topological polar surface area (TPSA) is 79.9 Å². The van der Waals surface area contributed by atoms with Crippen LogP contribution < -0.4 is 20.1 Å². The third-order valence-corrected chi connectivity index (χ3v) is 8.18. The average molecular weight is 542 g/mol. The van der Waals surface area contributed by atoms with Crippen molar-refractivity contribution >= 4 is 17.5 Å². The SMILES string of the molecule is COc1cc2c(cc1OC)CN(CCNC(=O)c1ccccc1NC(=O)c1ccc(C3CCCCC3)cc1)CC2. The molecule has 0 atom stereocenters. The lowest BCUT2D eigenvalue weighted by Crippen LogP contribution is -2.38. The maximum absolute atomic E-state index is 13.1. The molecule has 1 heterocycles. The summed E-state index contributed by atoms with van der Waals surface area (Å²) < 4.78 is 10.9. The molecule has 2 aliphatic rings. The Hall–Kier alpha value is -3.84. The molecule has 1 fully saturated rings. The number of ether oxygens (including phenoxy) is 2. The highest BCUT2D eigenvalue weighted by Crippen LogP contribution is 2.34. The Bertz CT molecular complexity index is 1330. The summed E-state index contributed by atoms with van der Waals surface area (Å²) in [7, 11) is 3.30. The summed E-state index contributed by atoms with van der Waals surface area (Å²) in [4.78, 5) is 28.4. The van der Waals surface area contributed by atoms with Crippen molar-refractivity contribution < 1.29 is 19.1 Å². The second kappa shape index (κ2) is 13.0. The molecule has 1 aliphatic carbocycles. The van der Waals surface area contributed by atoms with Crippen LogP contribution in [0, 0.1) is 0 Å². The predicted octanol–water partition coefficient (Wildman–Crippen LogP) is 5.79. The van der Waals surface area contributed by atoms with Crippen LogP contribution in [0.15, 0.2) is 60.7 Å². The fourth-order valence-electron chi connectivity index (χ4n) is 5.88. The van der Waals surface area contributed by atoms with E-state index in [1.807, 2.05) is 30.3 Å². The van der Waals surface area contributed by atoms with Crippen molar-refractivity contribution in [1.29, 1.82) is 0 Å². The van der Waals surface area contributed by atoms with Gasteiger partial charge in [0.1, 0.15) is 0 Å². The highest BCUT2D eigenvalue weighted by atomic mass is 16.5. The van der Waals surface area contributed by atoms with E-state index in [4.69, 9.17) is 9.47 Å². The van der Waals surface area contributed by atoms with E-state index in [1.165, 1.54) is 48.8 Å². The van der Waals surface area contributed by atoms with E-state index in [9.17, 15) is 9.59 Å². The largest absolute Gasteiger partial charge is 0.493 e. The first-order valence-corrected chi connectivity index (χ1v) is 14.3. The molecule has 1 saturated carbocycles. The molecular weight excluding hydrogens is 502 g/mol. The summed E-state index contributed by atoms with van der Waals surface area (Å²) in [6.45, 7) is 2.93. The summed E-state index contributed by atoms with van der Waals surface area (Å²) in [5, 5.41) is 5.98. The molecule has 7 nitrogen and oxygen atoms in total. The Balaban J connectivity index is 1.15. The normalized spacial score (nSPS) is 15.7. The number of para-hydroxylation sites is 1. The maximum Gasteiger partial charge on any atom is 0.255 e. The molecule has 0 spiro atoms. The number of carbonyl (C=O) groups is 2. The first kappa shape index (κ1) is 27.7. The van der Waals surface area contributed by atoms with E-state index in [0.29, 0.717) is 29.3 Å². The fourth-order valence-corrected chi connectivity index (χ4v) is 5.88. The van der Waals surface area contributed by atoms with Crippen molar-refractivity contribution in [2.75, 3.05) is 39.2 Å². The zero-order valence-electron chi connectivity index (χ0n) is 23.5. The first-order chi connectivity index (χ1) is 19.6. The van der Waals surface area contributed by atoms with Gasteiger partial charge in [-0.3, -0.25) is 14.5 Å². The van der Waals surface area contributed by atoms with Crippen LogP contribution in [0.5, 0.6) is 11.5 Å². The molecule has 2 amide bonds. The molecule has 7 heteroatoms. The minimum absolute atomic E-state index is 0.202. The van der Waals surface area contributed by atoms with Crippen LogP contribution in [0.2, 0.25) is 0 Å². The minimum atomic E-state index is -0.213. The average Bonchev–Trinajstić information content (AvgIpc) is 3.01.